The van der Waals surface area contributed by atoms with Crippen LogP contribution in [0.25, 0.3) is 0 Å². The van der Waals surface area contributed by atoms with Crippen LogP contribution in [0.5, 0.6) is 0 Å². The molecule has 0 aliphatic carbocycles. The molecule has 0 radical (unpaired) electrons. The van der Waals surface area contributed by atoms with Crippen LogP contribution in [-0.2, 0) is 28.6 Å². The normalized spacial score (nSPS) is 12.0. The summed E-state index contributed by atoms with van der Waals surface area (Å²) in [5, 5.41) is 0. The lowest BCUT2D eigenvalue weighted by molar-refractivity contribution is -0.167. The summed E-state index contributed by atoms with van der Waals surface area (Å²) in [6, 6.07) is 0. The van der Waals surface area contributed by atoms with Crippen molar-refractivity contribution in [3.05, 3.63) is 0 Å². The first-order valence-corrected chi connectivity index (χ1v) is 31.4. The number of esters is 3. The van der Waals surface area contributed by atoms with Crippen LogP contribution in [0.1, 0.15) is 362 Å². The zero-order chi connectivity index (χ0) is 50.2. The minimum atomic E-state index is -0.762. The summed E-state index contributed by atoms with van der Waals surface area (Å²) in [5.74, 6) is 0.0248. The summed E-state index contributed by atoms with van der Waals surface area (Å²) in [6.07, 6.45) is 63.8. The van der Waals surface area contributed by atoms with Gasteiger partial charge in [-0.3, -0.25) is 14.4 Å². The van der Waals surface area contributed by atoms with Crippen molar-refractivity contribution in [1.29, 1.82) is 0 Å². The van der Waals surface area contributed by atoms with Gasteiger partial charge in [-0.25, -0.2) is 0 Å². The molecule has 0 aliphatic heterocycles. The lowest BCUT2D eigenvalue weighted by atomic mass is 10.0. The summed E-state index contributed by atoms with van der Waals surface area (Å²) in [6.45, 7) is 9.09. The molecule has 1 atom stereocenters. The van der Waals surface area contributed by atoms with Crippen LogP contribution in [0.4, 0.5) is 0 Å². The molecule has 69 heavy (non-hydrogen) atoms. The van der Waals surface area contributed by atoms with Crippen molar-refractivity contribution in [1.82, 2.24) is 0 Å². The molecule has 6 nitrogen and oxygen atoms in total. The Labute approximate surface area is 431 Å². The smallest absolute Gasteiger partial charge is 0.306 e. The summed E-state index contributed by atoms with van der Waals surface area (Å²) >= 11 is 0. The Hall–Kier alpha value is -1.59. The lowest BCUT2D eigenvalue weighted by Gasteiger charge is -2.18. The molecule has 0 N–H and O–H groups in total. The van der Waals surface area contributed by atoms with E-state index in [9.17, 15) is 14.4 Å². The van der Waals surface area contributed by atoms with Gasteiger partial charge in [-0.2, -0.15) is 0 Å². The zero-order valence-corrected chi connectivity index (χ0v) is 47.3. The van der Waals surface area contributed by atoms with Gasteiger partial charge in [0.1, 0.15) is 13.2 Å². The molecule has 0 saturated heterocycles. The Balaban J connectivity index is 4.28. The Morgan fingerprint density at radius 2 is 0.478 bits per heavy atom. The first-order chi connectivity index (χ1) is 33.9. The van der Waals surface area contributed by atoms with E-state index in [1.807, 2.05) is 0 Å². The summed E-state index contributed by atoms with van der Waals surface area (Å²) < 4.78 is 16.9. The minimum absolute atomic E-state index is 0.0612. The molecule has 0 aromatic rings. The first kappa shape index (κ1) is 67.4. The molecule has 0 aromatic heterocycles. The van der Waals surface area contributed by atoms with Crippen LogP contribution >= 0.6 is 0 Å². The van der Waals surface area contributed by atoms with Gasteiger partial charge in [-0.1, -0.05) is 323 Å². The van der Waals surface area contributed by atoms with Crippen molar-refractivity contribution in [2.24, 2.45) is 5.92 Å². The van der Waals surface area contributed by atoms with Crippen LogP contribution in [0.2, 0.25) is 0 Å². The average molecular weight is 976 g/mol. The maximum atomic E-state index is 12.9. The molecular weight excluding hydrogens is 853 g/mol. The van der Waals surface area contributed by atoms with Crippen molar-refractivity contribution < 1.29 is 28.6 Å². The SMILES string of the molecule is CCCCCCCCCCCCCCCCCCCC(=O)O[C@@H](COC(=O)CCCCCCCCCCCCCCCCC)COC(=O)CCCCCCCCCCCCCCCCCCC(C)C. The predicted molar refractivity (Wildman–Crippen MR) is 298 cm³/mol. The molecule has 0 saturated carbocycles. The number of hydrogen-bond donors (Lipinski definition) is 0. The van der Waals surface area contributed by atoms with Gasteiger partial charge >= 0.3 is 17.9 Å². The monoisotopic (exact) mass is 975 g/mol. The topological polar surface area (TPSA) is 78.9 Å². The van der Waals surface area contributed by atoms with Crippen LogP contribution < -0.4 is 0 Å². The van der Waals surface area contributed by atoms with E-state index in [0.29, 0.717) is 19.3 Å². The molecular formula is C63H122O6. The van der Waals surface area contributed by atoms with Gasteiger partial charge in [-0.05, 0) is 25.2 Å². The van der Waals surface area contributed by atoms with Crippen molar-refractivity contribution in [3.8, 4) is 0 Å². The van der Waals surface area contributed by atoms with E-state index in [-0.39, 0.29) is 31.1 Å². The number of ether oxygens (including phenoxy) is 3. The molecule has 6 heteroatoms. The Bertz CT molecular complexity index is 1040. The molecule has 0 unspecified atom stereocenters. The highest BCUT2D eigenvalue weighted by Crippen LogP contribution is 2.19. The highest BCUT2D eigenvalue weighted by Gasteiger charge is 2.19. The fourth-order valence-corrected chi connectivity index (χ4v) is 9.81. The van der Waals surface area contributed by atoms with E-state index in [2.05, 4.69) is 27.7 Å². The maximum Gasteiger partial charge on any atom is 0.306 e. The molecule has 410 valence electrons. The highest BCUT2D eigenvalue weighted by atomic mass is 16.6. The molecule has 0 heterocycles. The number of rotatable bonds is 58. The van der Waals surface area contributed by atoms with Crippen molar-refractivity contribution in [3.63, 3.8) is 0 Å². The number of carbonyl (C=O) groups is 3. The van der Waals surface area contributed by atoms with Crippen LogP contribution in [-0.4, -0.2) is 37.2 Å². The van der Waals surface area contributed by atoms with Gasteiger partial charge in [-0.15, -0.1) is 0 Å². The second-order valence-electron chi connectivity index (χ2n) is 22.2. The fourth-order valence-electron chi connectivity index (χ4n) is 9.81. The summed E-state index contributed by atoms with van der Waals surface area (Å²) in [5.41, 5.74) is 0. The maximum absolute atomic E-state index is 12.9. The van der Waals surface area contributed by atoms with Crippen LogP contribution in [0, 0.1) is 5.92 Å². The zero-order valence-electron chi connectivity index (χ0n) is 47.3. The van der Waals surface area contributed by atoms with Crippen molar-refractivity contribution in [2.75, 3.05) is 13.2 Å². The van der Waals surface area contributed by atoms with Gasteiger partial charge in [0.05, 0.1) is 0 Å². The second-order valence-corrected chi connectivity index (χ2v) is 22.2. The minimum Gasteiger partial charge on any atom is -0.462 e. The van der Waals surface area contributed by atoms with Gasteiger partial charge in [0, 0.05) is 19.3 Å². The fraction of sp³-hybridized carbons (Fsp3) is 0.952. The Morgan fingerprint density at radius 1 is 0.275 bits per heavy atom. The van der Waals surface area contributed by atoms with Crippen molar-refractivity contribution >= 4 is 17.9 Å². The molecule has 0 rings (SSSR count). The first-order valence-electron chi connectivity index (χ1n) is 31.4. The third kappa shape index (κ3) is 57.2. The number of hydrogen-bond acceptors (Lipinski definition) is 6. The molecule has 0 fully saturated rings. The van der Waals surface area contributed by atoms with Crippen LogP contribution in [0.3, 0.4) is 0 Å². The van der Waals surface area contributed by atoms with E-state index in [1.165, 1.54) is 257 Å². The molecule has 0 bridgehead atoms. The van der Waals surface area contributed by atoms with E-state index in [1.54, 1.807) is 0 Å². The predicted octanol–water partition coefficient (Wildman–Crippen LogP) is 21.0. The number of unbranched alkanes of at least 4 members (excludes halogenated alkanes) is 45. The Kier molecular flexibility index (Phi) is 56.0. The molecule has 0 aromatic carbocycles. The van der Waals surface area contributed by atoms with Crippen molar-refractivity contribution in [2.45, 2.75) is 368 Å². The standard InChI is InChI=1S/C63H122O6/c1-5-7-9-11-13-15-17-19-21-22-28-32-36-40-44-48-52-56-63(66)69-60(57-67-61(64)54-50-46-42-38-34-30-25-20-18-16-14-12-10-8-6-2)58-68-62(65)55-51-47-43-39-35-31-27-24-23-26-29-33-37-41-45-49-53-59(3)4/h59-60H,5-58H2,1-4H3/t60-/m0/s1. The third-order valence-corrected chi connectivity index (χ3v) is 14.5. The molecule has 0 amide bonds. The van der Waals surface area contributed by atoms with Gasteiger partial charge in [0.25, 0.3) is 0 Å². The second kappa shape index (κ2) is 57.3. The summed E-state index contributed by atoms with van der Waals surface area (Å²) in [4.78, 5) is 38.3. The summed E-state index contributed by atoms with van der Waals surface area (Å²) in [7, 11) is 0. The average Bonchev–Trinajstić information content (AvgIpc) is 3.34. The van der Waals surface area contributed by atoms with E-state index >= 15 is 0 Å². The van der Waals surface area contributed by atoms with Gasteiger partial charge < -0.3 is 14.2 Å². The Morgan fingerprint density at radius 3 is 0.710 bits per heavy atom. The van der Waals surface area contributed by atoms with Gasteiger partial charge in [0.2, 0.25) is 0 Å². The highest BCUT2D eigenvalue weighted by molar-refractivity contribution is 5.71. The van der Waals surface area contributed by atoms with Gasteiger partial charge in [0.15, 0.2) is 6.10 Å². The largest absolute Gasteiger partial charge is 0.462 e. The van der Waals surface area contributed by atoms with E-state index in [0.717, 1.165) is 63.7 Å². The van der Waals surface area contributed by atoms with E-state index in [4.69, 9.17) is 14.2 Å². The quantitative estimate of drug-likeness (QED) is 0.0343. The third-order valence-electron chi connectivity index (χ3n) is 14.5. The lowest BCUT2D eigenvalue weighted by Crippen LogP contribution is -2.30. The molecule has 0 spiro atoms. The number of carbonyl (C=O) groups excluding carboxylic acids is 3. The van der Waals surface area contributed by atoms with E-state index < -0.39 is 6.10 Å². The van der Waals surface area contributed by atoms with Crippen LogP contribution in [0.15, 0.2) is 0 Å². The molecule has 0 aliphatic rings.